The van der Waals surface area contributed by atoms with Gasteiger partial charge in [0, 0.05) is 24.5 Å². The highest BCUT2D eigenvalue weighted by atomic mass is 35.5. The average molecular weight is 430 g/mol. The van der Waals surface area contributed by atoms with Crippen molar-refractivity contribution in [2.45, 2.75) is 71.5 Å². The summed E-state index contributed by atoms with van der Waals surface area (Å²) in [5, 5.41) is 3.14. The maximum absolute atomic E-state index is 13.0. The van der Waals surface area contributed by atoms with Gasteiger partial charge < -0.3 is 16.0 Å². The number of carbonyl (C=O) groups excluding carboxylic acids is 2. The van der Waals surface area contributed by atoms with E-state index in [4.69, 9.17) is 17.3 Å². The summed E-state index contributed by atoms with van der Waals surface area (Å²) in [4.78, 5) is 26.9. The van der Waals surface area contributed by atoms with Crippen LogP contribution in [0.15, 0.2) is 18.2 Å². The van der Waals surface area contributed by atoms with Crippen LogP contribution in [0, 0.1) is 5.41 Å². The lowest BCUT2D eigenvalue weighted by Gasteiger charge is -2.26. The molecule has 29 heavy (non-hydrogen) atoms. The molecule has 1 saturated heterocycles. The van der Waals surface area contributed by atoms with Crippen LogP contribution in [0.3, 0.4) is 0 Å². The van der Waals surface area contributed by atoms with Gasteiger partial charge in [-0.15, -0.1) is 0 Å². The van der Waals surface area contributed by atoms with Crippen molar-refractivity contribution >= 4 is 23.4 Å². The monoisotopic (exact) mass is 429 g/mol. The first-order chi connectivity index (χ1) is 13.5. The fourth-order valence-corrected chi connectivity index (χ4v) is 3.65. The molecule has 1 aromatic carbocycles. The number of hydrogen-bond acceptors (Lipinski definition) is 3. The molecule has 0 aromatic heterocycles. The van der Waals surface area contributed by atoms with Crippen LogP contribution >= 0.6 is 11.6 Å². The molecule has 0 spiro atoms. The molecule has 0 bridgehead atoms. The van der Waals surface area contributed by atoms with E-state index in [9.17, 15) is 18.4 Å². The smallest absolute Gasteiger partial charge is 0.257 e. The predicted molar refractivity (Wildman–Crippen MR) is 110 cm³/mol. The largest absolute Gasteiger partial charge is 0.350 e. The Morgan fingerprint density at radius 1 is 1.34 bits per heavy atom. The molecule has 0 aliphatic carbocycles. The Bertz CT molecular complexity index is 737. The number of amides is 2. The molecule has 0 radical (unpaired) electrons. The third kappa shape index (κ3) is 6.64. The van der Waals surface area contributed by atoms with E-state index in [-0.39, 0.29) is 29.3 Å². The molecular formula is C21H30ClF2N3O2. The fraction of sp³-hybridized carbons (Fsp3) is 0.619. The molecule has 1 fully saturated rings. The summed E-state index contributed by atoms with van der Waals surface area (Å²) in [7, 11) is 0. The molecular weight excluding hydrogens is 400 g/mol. The van der Waals surface area contributed by atoms with Gasteiger partial charge in [0.2, 0.25) is 11.8 Å². The van der Waals surface area contributed by atoms with Crippen molar-refractivity contribution in [3.8, 4) is 0 Å². The second-order valence-electron chi connectivity index (χ2n) is 8.73. The summed E-state index contributed by atoms with van der Waals surface area (Å²) in [5.41, 5.74) is 6.32. The van der Waals surface area contributed by atoms with Gasteiger partial charge in [0.15, 0.2) is 0 Å². The standard InChI is InChI=1S/C21H30ClF2N3O2/c1-21(2,3)9-8-17(28)27-10-4-5-16(27)20(29)26-12-13-11-14(22)6-7-15(13)18(25)19(23)24/h6-7,11,16,18-19H,4-5,8-10,12,25H2,1-3H3,(H,26,29). The van der Waals surface area contributed by atoms with Crippen LogP contribution in [0.2, 0.25) is 5.02 Å². The van der Waals surface area contributed by atoms with E-state index < -0.39 is 18.5 Å². The first-order valence-corrected chi connectivity index (χ1v) is 10.3. The molecule has 3 N–H and O–H groups in total. The predicted octanol–water partition coefficient (Wildman–Crippen LogP) is 4.04. The molecule has 1 aliphatic heterocycles. The Balaban J connectivity index is 2.03. The molecule has 1 aromatic rings. The number of rotatable bonds is 7. The number of nitrogens with zero attached hydrogens (tertiary/aromatic N) is 1. The van der Waals surface area contributed by atoms with Gasteiger partial charge in [0.25, 0.3) is 6.43 Å². The summed E-state index contributed by atoms with van der Waals surface area (Å²) in [6.45, 7) is 6.79. The maximum atomic E-state index is 13.0. The lowest BCUT2D eigenvalue weighted by molar-refractivity contribution is -0.138. The van der Waals surface area contributed by atoms with Crippen LogP contribution in [0.1, 0.15) is 63.6 Å². The minimum atomic E-state index is -2.73. The summed E-state index contributed by atoms with van der Waals surface area (Å²) in [6, 6.07) is 2.49. The zero-order valence-electron chi connectivity index (χ0n) is 17.2. The van der Waals surface area contributed by atoms with Crippen molar-refractivity contribution in [2.24, 2.45) is 11.1 Å². The zero-order valence-corrected chi connectivity index (χ0v) is 17.9. The lowest BCUT2D eigenvalue weighted by Crippen LogP contribution is -2.46. The lowest BCUT2D eigenvalue weighted by atomic mass is 9.90. The highest BCUT2D eigenvalue weighted by molar-refractivity contribution is 6.30. The number of likely N-dealkylation sites (tertiary alicyclic amines) is 1. The van der Waals surface area contributed by atoms with Crippen LogP contribution in [0.25, 0.3) is 0 Å². The van der Waals surface area contributed by atoms with E-state index in [1.807, 2.05) is 0 Å². The molecule has 162 valence electrons. The molecule has 2 atom stereocenters. The topological polar surface area (TPSA) is 75.4 Å². The van der Waals surface area contributed by atoms with Crippen molar-refractivity contribution in [3.63, 3.8) is 0 Å². The van der Waals surface area contributed by atoms with Crippen molar-refractivity contribution in [1.29, 1.82) is 0 Å². The van der Waals surface area contributed by atoms with Crippen molar-refractivity contribution in [3.05, 3.63) is 34.3 Å². The Hall–Kier alpha value is -1.73. The SMILES string of the molecule is CC(C)(C)CCC(=O)N1CCCC1C(=O)NCc1cc(Cl)ccc1C(N)C(F)F. The maximum Gasteiger partial charge on any atom is 0.257 e. The van der Waals surface area contributed by atoms with E-state index in [0.717, 1.165) is 12.8 Å². The quantitative estimate of drug-likeness (QED) is 0.686. The first kappa shape index (κ1) is 23.5. The van der Waals surface area contributed by atoms with Gasteiger partial charge in [0.1, 0.15) is 6.04 Å². The number of carbonyl (C=O) groups is 2. The molecule has 5 nitrogen and oxygen atoms in total. The number of benzene rings is 1. The van der Waals surface area contributed by atoms with Crippen LogP contribution in [-0.4, -0.2) is 35.7 Å². The van der Waals surface area contributed by atoms with Gasteiger partial charge >= 0.3 is 0 Å². The zero-order chi connectivity index (χ0) is 21.8. The molecule has 1 aliphatic rings. The molecule has 0 saturated carbocycles. The van der Waals surface area contributed by atoms with Gasteiger partial charge in [-0.25, -0.2) is 8.78 Å². The number of halogens is 3. The fourth-order valence-electron chi connectivity index (χ4n) is 3.45. The van der Waals surface area contributed by atoms with E-state index in [2.05, 4.69) is 26.1 Å². The van der Waals surface area contributed by atoms with E-state index in [1.165, 1.54) is 18.2 Å². The summed E-state index contributed by atoms with van der Waals surface area (Å²) in [5.74, 6) is -0.316. The van der Waals surface area contributed by atoms with E-state index in [1.54, 1.807) is 4.90 Å². The van der Waals surface area contributed by atoms with E-state index >= 15 is 0 Å². The van der Waals surface area contributed by atoms with Gasteiger partial charge in [-0.3, -0.25) is 9.59 Å². The summed E-state index contributed by atoms with van der Waals surface area (Å²) >= 11 is 5.99. The Kier molecular flexibility index (Phi) is 8.00. The van der Waals surface area contributed by atoms with E-state index in [0.29, 0.717) is 30.0 Å². The average Bonchev–Trinajstić information content (AvgIpc) is 3.13. The molecule has 2 unspecified atom stereocenters. The number of nitrogens with one attached hydrogen (secondary N) is 1. The Morgan fingerprint density at radius 3 is 2.66 bits per heavy atom. The third-order valence-electron chi connectivity index (χ3n) is 5.15. The third-order valence-corrected chi connectivity index (χ3v) is 5.39. The van der Waals surface area contributed by atoms with Gasteiger partial charge in [-0.2, -0.15) is 0 Å². The molecule has 2 amide bonds. The van der Waals surface area contributed by atoms with Gasteiger partial charge in [-0.1, -0.05) is 38.4 Å². The second kappa shape index (κ2) is 9.85. The summed E-state index contributed by atoms with van der Waals surface area (Å²) < 4.78 is 26.1. The van der Waals surface area contributed by atoms with Crippen LogP contribution < -0.4 is 11.1 Å². The van der Waals surface area contributed by atoms with Crippen LogP contribution in [-0.2, 0) is 16.1 Å². The highest BCUT2D eigenvalue weighted by Crippen LogP contribution is 2.26. The van der Waals surface area contributed by atoms with Crippen molar-refractivity contribution in [2.75, 3.05) is 6.54 Å². The minimum absolute atomic E-state index is 0.0235. The number of nitrogens with two attached hydrogens (primary N) is 1. The van der Waals surface area contributed by atoms with Crippen LogP contribution in [0.4, 0.5) is 8.78 Å². The van der Waals surface area contributed by atoms with Crippen molar-refractivity contribution in [1.82, 2.24) is 10.2 Å². The van der Waals surface area contributed by atoms with Gasteiger partial charge in [0.05, 0.1) is 6.04 Å². The molecule has 8 heteroatoms. The Morgan fingerprint density at radius 2 is 2.03 bits per heavy atom. The van der Waals surface area contributed by atoms with Gasteiger partial charge in [-0.05, 0) is 47.9 Å². The normalized spacial score (nSPS) is 18.2. The highest BCUT2D eigenvalue weighted by Gasteiger charge is 2.34. The molecule has 1 heterocycles. The van der Waals surface area contributed by atoms with Crippen molar-refractivity contribution < 1.29 is 18.4 Å². The Labute approximate surface area is 176 Å². The van der Waals surface area contributed by atoms with Crippen LogP contribution in [0.5, 0.6) is 0 Å². The minimum Gasteiger partial charge on any atom is -0.350 e. The summed E-state index contributed by atoms with van der Waals surface area (Å²) in [6.07, 6.45) is -0.232. The number of hydrogen-bond donors (Lipinski definition) is 2. The first-order valence-electron chi connectivity index (χ1n) is 9.89. The number of alkyl halides is 2. The second-order valence-corrected chi connectivity index (χ2v) is 9.16. The molecule has 2 rings (SSSR count).